The SMILES string of the molecule is CCN1CCN(c2ccc(C(=O)c3ccccc3)cn2)CC1. The summed E-state index contributed by atoms with van der Waals surface area (Å²) in [5.41, 5.74) is 1.34. The minimum Gasteiger partial charge on any atom is -0.354 e. The molecule has 114 valence electrons. The van der Waals surface area contributed by atoms with E-state index in [0.29, 0.717) is 11.1 Å². The van der Waals surface area contributed by atoms with Crippen molar-refractivity contribution >= 4 is 11.6 Å². The molecule has 1 aliphatic rings. The summed E-state index contributed by atoms with van der Waals surface area (Å²) in [5.74, 6) is 0.982. The van der Waals surface area contributed by atoms with Crippen molar-refractivity contribution in [1.82, 2.24) is 9.88 Å². The van der Waals surface area contributed by atoms with Crippen molar-refractivity contribution in [3.05, 3.63) is 59.8 Å². The second-order valence-electron chi connectivity index (χ2n) is 5.52. The van der Waals surface area contributed by atoms with Crippen molar-refractivity contribution in [3.8, 4) is 0 Å². The van der Waals surface area contributed by atoms with Gasteiger partial charge in [0.2, 0.25) is 0 Å². The van der Waals surface area contributed by atoms with E-state index >= 15 is 0 Å². The lowest BCUT2D eigenvalue weighted by Crippen LogP contribution is -2.46. The third kappa shape index (κ3) is 3.17. The first-order valence-corrected chi connectivity index (χ1v) is 7.81. The molecular weight excluding hydrogens is 274 g/mol. The van der Waals surface area contributed by atoms with Crippen LogP contribution in [-0.2, 0) is 0 Å². The Bertz CT molecular complexity index is 617. The van der Waals surface area contributed by atoms with Gasteiger partial charge in [0.25, 0.3) is 0 Å². The van der Waals surface area contributed by atoms with E-state index in [1.54, 1.807) is 6.20 Å². The molecule has 1 aliphatic heterocycles. The number of pyridine rings is 1. The van der Waals surface area contributed by atoms with E-state index in [-0.39, 0.29) is 5.78 Å². The number of piperazine rings is 1. The number of aromatic nitrogens is 1. The van der Waals surface area contributed by atoms with Gasteiger partial charge in [0, 0.05) is 43.5 Å². The molecule has 0 aliphatic carbocycles. The van der Waals surface area contributed by atoms with E-state index < -0.39 is 0 Å². The highest BCUT2D eigenvalue weighted by Gasteiger charge is 2.17. The lowest BCUT2D eigenvalue weighted by Gasteiger charge is -2.34. The number of benzene rings is 1. The maximum Gasteiger partial charge on any atom is 0.194 e. The van der Waals surface area contributed by atoms with Gasteiger partial charge in [-0.3, -0.25) is 4.79 Å². The molecule has 0 bridgehead atoms. The van der Waals surface area contributed by atoms with Gasteiger partial charge in [0.15, 0.2) is 5.78 Å². The van der Waals surface area contributed by atoms with Crippen LogP contribution in [0.25, 0.3) is 0 Å². The second kappa shape index (κ2) is 6.71. The van der Waals surface area contributed by atoms with Gasteiger partial charge in [0.1, 0.15) is 5.82 Å². The molecule has 1 fully saturated rings. The molecule has 1 aromatic heterocycles. The van der Waals surface area contributed by atoms with Crippen molar-refractivity contribution < 1.29 is 4.79 Å². The van der Waals surface area contributed by atoms with E-state index in [1.165, 1.54) is 0 Å². The van der Waals surface area contributed by atoms with Crippen LogP contribution < -0.4 is 4.90 Å². The van der Waals surface area contributed by atoms with Crippen molar-refractivity contribution in [2.75, 3.05) is 37.6 Å². The van der Waals surface area contributed by atoms with Crippen LogP contribution in [0.5, 0.6) is 0 Å². The van der Waals surface area contributed by atoms with Crippen molar-refractivity contribution in [1.29, 1.82) is 0 Å². The number of likely N-dealkylation sites (N-methyl/N-ethyl adjacent to an activating group) is 1. The topological polar surface area (TPSA) is 36.4 Å². The average Bonchev–Trinajstić information content (AvgIpc) is 2.62. The highest BCUT2D eigenvalue weighted by Crippen LogP contribution is 2.16. The number of ketones is 1. The van der Waals surface area contributed by atoms with Gasteiger partial charge in [-0.15, -0.1) is 0 Å². The Labute approximate surface area is 131 Å². The van der Waals surface area contributed by atoms with E-state index in [9.17, 15) is 4.79 Å². The molecule has 0 spiro atoms. The second-order valence-corrected chi connectivity index (χ2v) is 5.52. The fourth-order valence-corrected chi connectivity index (χ4v) is 2.76. The molecule has 3 rings (SSSR count). The van der Waals surface area contributed by atoms with Crippen LogP contribution in [0.4, 0.5) is 5.82 Å². The van der Waals surface area contributed by atoms with Crippen LogP contribution >= 0.6 is 0 Å². The molecule has 0 unspecified atom stereocenters. The zero-order valence-corrected chi connectivity index (χ0v) is 12.9. The first-order chi connectivity index (χ1) is 10.8. The van der Waals surface area contributed by atoms with E-state index in [4.69, 9.17) is 0 Å². The van der Waals surface area contributed by atoms with E-state index in [2.05, 4.69) is 21.7 Å². The van der Waals surface area contributed by atoms with Crippen LogP contribution in [0, 0.1) is 0 Å². The highest BCUT2D eigenvalue weighted by atomic mass is 16.1. The molecule has 0 atom stereocenters. The molecule has 1 saturated heterocycles. The van der Waals surface area contributed by atoms with Crippen molar-refractivity contribution in [3.63, 3.8) is 0 Å². The first kappa shape index (κ1) is 14.7. The molecule has 0 N–H and O–H groups in total. The van der Waals surface area contributed by atoms with E-state index in [0.717, 1.165) is 38.5 Å². The quantitative estimate of drug-likeness (QED) is 0.812. The Kier molecular flexibility index (Phi) is 4.49. The van der Waals surface area contributed by atoms with Gasteiger partial charge in [-0.25, -0.2) is 4.98 Å². The zero-order chi connectivity index (χ0) is 15.4. The van der Waals surface area contributed by atoms with Gasteiger partial charge in [-0.05, 0) is 18.7 Å². The number of carbonyl (C=O) groups is 1. The van der Waals surface area contributed by atoms with Crippen LogP contribution in [0.1, 0.15) is 22.8 Å². The summed E-state index contributed by atoms with van der Waals surface area (Å²) >= 11 is 0. The summed E-state index contributed by atoms with van der Waals surface area (Å²) in [6, 6.07) is 13.2. The summed E-state index contributed by atoms with van der Waals surface area (Å²) in [4.78, 5) is 21.6. The van der Waals surface area contributed by atoms with Gasteiger partial charge < -0.3 is 9.80 Å². The Morgan fingerprint density at radius 1 is 1.00 bits per heavy atom. The number of carbonyl (C=O) groups excluding carboxylic acids is 1. The lowest BCUT2D eigenvalue weighted by molar-refractivity contribution is 0.103. The molecule has 1 aromatic carbocycles. The summed E-state index contributed by atoms with van der Waals surface area (Å²) in [7, 11) is 0. The average molecular weight is 295 g/mol. The molecule has 22 heavy (non-hydrogen) atoms. The van der Waals surface area contributed by atoms with Crippen LogP contribution in [0.3, 0.4) is 0 Å². The van der Waals surface area contributed by atoms with Gasteiger partial charge >= 0.3 is 0 Å². The summed E-state index contributed by atoms with van der Waals surface area (Å²) < 4.78 is 0. The molecule has 4 nitrogen and oxygen atoms in total. The van der Waals surface area contributed by atoms with Gasteiger partial charge in [-0.1, -0.05) is 37.3 Å². The van der Waals surface area contributed by atoms with Gasteiger partial charge in [0.05, 0.1) is 0 Å². The standard InChI is InChI=1S/C18H21N3O/c1-2-20-10-12-21(13-11-20)17-9-8-16(14-19-17)18(22)15-6-4-3-5-7-15/h3-9,14H,2,10-13H2,1H3. The Morgan fingerprint density at radius 2 is 1.73 bits per heavy atom. The largest absolute Gasteiger partial charge is 0.354 e. The van der Waals surface area contributed by atoms with Crippen molar-refractivity contribution in [2.24, 2.45) is 0 Å². The van der Waals surface area contributed by atoms with Crippen LogP contribution in [0.15, 0.2) is 48.7 Å². The Balaban J connectivity index is 1.69. The Hall–Kier alpha value is -2.20. The fraction of sp³-hybridized carbons (Fsp3) is 0.333. The first-order valence-electron chi connectivity index (χ1n) is 7.81. The number of rotatable bonds is 4. The predicted octanol–water partition coefficient (Wildman–Crippen LogP) is 2.45. The molecule has 0 radical (unpaired) electrons. The molecule has 2 aromatic rings. The monoisotopic (exact) mass is 295 g/mol. The fourth-order valence-electron chi connectivity index (χ4n) is 2.76. The Morgan fingerprint density at radius 3 is 2.32 bits per heavy atom. The summed E-state index contributed by atoms with van der Waals surface area (Å²) in [6.07, 6.45) is 1.69. The zero-order valence-electron chi connectivity index (χ0n) is 12.9. The maximum absolute atomic E-state index is 12.4. The summed E-state index contributed by atoms with van der Waals surface area (Å²) in [6.45, 7) is 7.43. The van der Waals surface area contributed by atoms with Crippen molar-refractivity contribution in [2.45, 2.75) is 6.92 Å². The molecular formula is C18H21N3O. The van der Waals surface area contributed by atoms with Crippen LogP contribution in [0.2, 0.25) is 0 Å². The molecule has 2 heterocycles. The molecule has 0 amide bonds. The van der Waals surface area contributed by atoms with Crippen LogP contribution in [-0.4, -0.2) is 48.4 Å². The molecule has 4 heteroatoms. The number of hydrogen-bond donors (Lipinski definition) is 0. The maximum atomic E-state index is 12.4. The third-order valence-electron chi connectivity index (χ3n) is 4.19. The van der Waals surface area contributed by atoms with Gasteiger partial charge in [-0.2, -0.15) is 0 Å². The summed E-state index contributed by atoms with van der Waals surface area (Å²) in [5, 5.41) is 0. The lowest BCUT2D eigenvalue weighted by atomic mass is 10.1. The number of anilines is 1. The number of nitrogens with zero attached hydrogens (tertiary/aromatic N) is 3. The predicted molar refractivity (Wildman–Crippen MR) is 88.4 cm³/mol. The highest BCUT2D eigenvalue weighted by molar-refractivity contribution is 6.08. The third-order valence-corrected chi connectivity index (χ3v) is 4.19. The molecule has 0 saturated carbocycles. The minimum atomic E-state index is 0.0236. The number of hydrogen-bond acceptors (Lipinski definition) is 4. The smallest absolute Gasteiger partial charge is 0.194 e. The normalized spacial score (nSPS) is 15.8. The van der Waals surface area contributed by atoms with E-state index in [1.807, 2.05) is 42.5 Å². The minimum absolute atomic E-state index is 0.0236.